The number of anilines is 1. The number of nitrogens with zero attached hydrogens (tertiary/aromatic N) is 1. The van der Waals surface area contributed by atoms with E-state index in [0.717, 1.165) is 24.8 Å². The molecule has 1 heterocycles. The van der Waals surface area contributed by atoms with E-state index in [-0.39, 0.29) is 5.54 Å². The van der Waals surface area contributed by atoms with Gasteiger partial charge in [-0.2, -0.15) is 0 Å². The smallest absolute Gasteiger partial charge is 0.336 e. The first-order chi connectivity index (χ1) is 9.63. The lowest BCUT2D eigenvalue weighted by Gasteiger charge is -2.42. The molecule has 1 aromatic carbocycles. The second-order valence-corrected chi connectivity index (χ2v) is 5.49. The van der Waals surface area contributed by atoms with Crippen molar-refractivity contribution < 1.29 is 9.90 Å². The van der Waals surface area contributed by atoms with Crippen molar-refractivity contribution in [1.29, 1.82) is 0 Å². The predicted octanol–water partition coefficient (Wildman–Crippen LogP) is 3.68. The molecule has 4 nitrogen and oxygen atoms in total. The number of rotatable bonds is 4. The van der Waals surface area contributed by atoms with Gasteiger partial charge in [0.05, 0.1) is 11.1 Å². The zero-order valence-corrected chi connectivity index (χ0v) is 11.5. The fraction of sp³-hybridized carbons (Fsp3) is 0.375. The zero-order valence-electron chi connectivity index (χ0n) is 11.5. The molecule has 20 heavy (non-hydrogen) atoms. The van der Waals surface area contributed by atoms with E-state index in [0.29, 0.717) is 16.8 Å². The number of hydrogen-bond acceptors (Lipinski definition) is 3. The number of para-hydroxylation sites is 1. The Kier molecular flexibility index (Phi) is 3.08. The second-order valence-electron chi connectivity index (χ2n) is 5.49. The molecule has 0 amide bonds. The van der Waals surface area contributed by atoms with Crippen molar-refractivity contribution in [1.82, 2.24) is 4.98 Å². The van der Waals surface area contributed by atoms with Gasteiger partial charge in [0.25, 0.3) is 0 Å². The van der Waals surface area contributed by atoms with Crippen LogP contribution in [0.1, 0.15) is 43.0 Å². The molecule has 0 aliphatic heterocycles. The maximum absolute atomic E-state index is 11.4. The molecule has 0 saturated heterocycles. The number of hydrogen-bond donors (Lipinski definition) is 2. The number of aromatic nitrogens is 1. The molecular formula is C16H18N2O2. The molecule has 1 fully saturated rings. The standard InChI is InChI=1S/C16H18N2O2/c1-2-16(8-5-9-16)18-14-10-12(15(19)20)11-6-3-4-7-13(11)17-14/h3-4,6-7,10H,2,5,8-9H2,1H3,(H,17,18)(H,19,20). The Morgan fingerprint density at radius 2 is 2.15 bits per heavy atom. The minimum atomic E-state index is -0.911. The van der Waals surface area contributed by atoms with Gasteiger partial charge < -0.3 is 10.4 Å². The summed E-state index contributed by atoms with van der Waals surface area (Å²) in [4.78, 5) is 16.0. The normalized spacial score (nSPS) is 16.6. The topological polar surface area (TPSA) is 62.2 Å². The minimum Gasteiger partial charge on any atom is -0.478 e. The van der Waals surface area contributed by atoms with Crippen LogP contribution in [0.25, 0.3) is 10.9 Å². The highest BCUT2D eigenvalue weighted by atomic mass is 16.4. The van der Waals surface area contributed by atoms with Crippen LogP contribution in [0.3, 0.4) is 0 Å². The third-order valence-electron chi connectivity index (χ3n) is 4.33. The zero-order chi connectivity index (χ0) is 14.2. The first-order valence-electron chi connectivity index (χ1n) is 7.05. The lowest BCUT2D eigenvalue weighted by atomic mass is 9.75. The summed E-state index contributed by atoms with van der Waals surface area (Å²) in [6.07, 6.45) is 4.50. The Bertz CT molecular complexity index is 657. The largest absolute Gasteiger partial charge is 0.478 e. The third kappa shape index (κ3) is 2.11. The van der Waals surface area contributed by atoms with Gasteiger partial charge in [-0.25, -0.2) is 9.78 Å². The number of carbonyl (C=O) groups is 1. The number of pyridine rings is 1. The number of nitrogens with one attached hydrogen (secondary N) is 1. The van der Waals surface area contributed by atoms with Gasteiger partial charge in [-0.1, -0.05) is 25.1 Å². The predicted molar refractivity (Wildman–Crippen MR) is 79.2 cm³/mol. The van der Waals surface area contributed by atoms with Gasteiger partial charge in [-0.15, -0.1) is 0 Å². The Labute approximate surface area is 117 Å². The summed E-state index contributed by atoms with van der Waals surface area (Å²) < 4.78 is 0. The highest BCUT2D eigenvalue weighted by Gasteiger charge is 2.35. The lowest BCUT2D eigenvalue weighted by Crippen LogP contribution is -2.44. The van der Waals surface area contributed by atoms with E-state index in [1.54, 1.807) is 12.1 Å². The molecule has 0 unspecified atom stereocenters. The molecule has 0 atom stereocenters. The number of aromatic carboxylic acids is 1. The van der Waals surface area contributed by atoms with Crippen LogP contribution < -0.4 is 5.32 Å². The van der Waals surface area contributed by atoms with Crippen LogP contribution in [0.2, 0.25) is 0 Å². The van der Waals surface area contributed by atoms with Gasteiger partial charge in [0.15, 0.2) is 0 Å². The Morgan fingerprint density at radius 3 is 2.75 bits per heavy atom. The van der Waals surface area contributed by atoms with E-state index >= 15 is 0 Å². The highest BCUT2D eigenvalue weighted by Crippen LogP contribution is 2.38. The van der Waals surface area contributed by atoms with Crippen LogP contribution in [0, 0.1) is 0 Å². The van der Waals surface area contributed by atoms with Gasteiger partial charge in [-0.05, 0) is 37.8 Å². The molecule has 3 rings (SSSR count). The van der Waals surface area contributed by atoms with Crippen molar-refractivity contribution >= 4 is 22.7 Å². The number of carboxylic acid groups (broad SMARTS) is 1. The summed E-state index contributed by atoms with van der Waals surface area (Å²) in [5, 5.41) is 13.5. The van der Waals surface area contributed by atoms with Crippen LogP contribution in [0.5, 0.6) is 0 Å². The molecule has 0 bridgehead atoms. The monoisotopic (exact) mass is 270 g/mol. The first-order valence-corrected chi connectivity index (χ1v) is 7.05. The van der Waals surface area contributed by atoms with Gasteiger partial charge in [0.2, 0.25) is 0 Å². The van der Waals surface area contributed by atoms with Crippen LogP contribution >= 0.6 is 0 Å². The molecular weight excluding hydrogens is 252 g/mol. The maximum atomic E-state index is 11.4. The quantitative estimate of drug-likeness (QED) is 0.889. The molecule has 104 valence electrons. The summed E-state index contributed by atoms with van der Waals surface area (Å²) in [6.45, 7) is 2.16. The maximum Gasteiger partial charge on any atom is 0.336 e. The third-order valence-corrected chi connectivity index (χ3v) is 4.33. The molecule has 4 heteroatoms. The number of carboxylic acids is 1. The summed E-state index contributed by atoms with van der Waals surface area (Å²) in [5.74, 6) is -0.242. The Hall–Kier alpha value is -2.10. The van der Waals surface area contributed by atoms with Crippen LogP contribution in [0.15, 0.2) is 30.3 Å². The van der Waals surface area contributed by atoms with Gasteiger partial charge >= 0.3 is 5.97 Å². The Morgan fingerprint density at radius 1 is 1.40 bits per heavy atom. The van der Waals surface area contributed by atoms with Crippen LogP contribution in [-0.2, 0) is 0 Å². The fourth-order valence-corrected chi connectivity index (χ4v) is 2.86. The average Bonchev–Trinajstić information content (AvgIpc) is 2.42. The van der Waals surface area contributed by atoms with Crippen LogP contribution in [0.4, 0.5) is 5.82 Å². The van der Waals surface area contributed by atoms with E-state index in [1.165, 1.54) is 6.42 Å². The molecule has 1 aliphatic carbocycles. The summed E-state index contributed by atoms with van der Waals surface area (Å²) in [7, 11) is 0. The van der Waals surface area contributed by atoms with E-state index in [2.05, 4.69) is 17.2 Å². The van der Waals surface area contributed by atoms with Crippen molar-refractivity contribution in [3.8, 4) is 0 Å². The van der Waals surface area contributed by atoms with E-state index in [4.69, 9.17) is 0 Å². The second kappa shape index (κ2) is 4.78. The van der Waals surface area contributed by atoms with Crippen LogP contribution in [-0.4, -0.2) is 21.6 Å². The van der Waals surface area contributed by atoms with Crippen molar-refractivity contribution in [2.45, 2.75) is 38.1 Å². The summed E-state index contributed by atoms with van der Waals surface area (Å²) >= 11 is 0. The minimum absolute atomic E-state index is 0.102. The number of benzene rings is 1. The van der Waals surface area contributed by atoms with Gasteiger partial charge in [0.1, 0.15) is 5.82 Å². The molecule has 0 radical (unpaired) electrons. The molecule has 2 N–H and O–H groups in total. The molecule has 0 spiro atoms. The van der Waals surface area contributed by atoms with Crippen molar-refractivity contribution in [3.63, 3.8) is 0 Å². The van der Waals surface area contributed by atoms with E-state index in [9.17, 15) is 9.90 Å². The molecule has 1 aliphatic rings. The van der Waals surface area contributed by atoms with E-state index in [1.807, 2.05) is 18.2 Å². The van der Waals surface area contributed by atoms with E-state index < -0.39 is 5.97 Å². The Balaban J connectivity index is 2.06. The lowest BCUT2D eigenvalue weighted by molar-refractivity contribution is 0.0699. The molecule has 1 saturated carbocycles. The van der Waals surface area contributed by atoms with Crippen molar-refractivity contribution in [3.05, 3.63) is 35.9 Å². The first kappa shape index (κ1) is 12.9. The summed E-state index contributed by atoms with van der Waals surface area (Å²) in [5.41, 5.74) is 1.13. The fourth-order valence-electron chi connectivity index (χ4n) is 2.86. The van der Waals surface area contributed by atoms with Crippen molar-refractivity contribution in [2.24, 2.45) is 0 Å². The highest BCUT2D eigenvalue weighted by molar-refractivity contribution is 6.03. The number of fused-ring (bicyclic) bond motifs is 1. The molecule has 1 aromatic heterocycles. The van der Waals surface area contributed by atoms with Gasteiger partial charge in [-0.3, -0.25) is 0 Å². The molecule has 2 aromatic rings. The summed E-state index contributed by atoms with van der Waals surface area (Å²) in [6, 6.07) is 9.02. The van der Waals surface area contributed by atoms with Crippen molar-refractivity contribution in [2.75, 3.05) is 5.32 Å². The van der Waals surface area contributed by atoms with Gasteiger partial charge in [0, 0.05) is 10.9 Å². The SMILES string of the molecule is CCC1(Nc2cc(C(=O)O)c3ccccc3n2)CCC1. The average molecular weight is 270 g/mol.